The van der Waals surface area contributed by atoms with Gasteiger partial charge in [0.05, 0.1) is 5.56 Å². The summed E-state index contributed by atoms with van der Waals surface area (Å²) < 4.78 is 5.54. The van der Waals surface area contributed by atoms with Crippen LogP contribution < -0.4 is 5.73 Å². The summed E-state index contributed by atoms with van der Waals surface area (Å²) in [6.07, 6.45) is 1.80. The van der Waals surface area contributed by atoms with Crippen molar-refractivity contribution in [2.24, 2.45) is 0 Å². The molecule has 2 aromatic rings. The topological polar surface area (TPSA) is 64.9 Å². The van der Waals surface area contributed by atoms with E-state index in [9.17, 15) is 0 Å². The Bertz CT molecular complexity index is 491. The molecule has 0 saturated carbocycles. The van der Waals surface area contributed by atoms with Crippen molar-refractivity contribution in [3.63, 3.8) is 0 Å². The number of aryl methyl sites for hydroxylation is 2. The van der Waals surface area contributed by atoms with Crippen molar-refractivity contribution in [3.05, 3.63) is 29.7 Å². The lowest BCUT2D eigenvalue weighted by molar-refractivity contribution is 0.502. The van der Waals surface area contributed by atoms with Gasteiger partial charge in [0.1, 0.15) is 0 Å². The highest BCUT2D eigenvalue weighted by Crippen LogP contribution is 2.25. The number of anilines is 1. The monoisotopic (exact) mass is 217 g/mol. The van der Waals surface area contributed by atoms with Crippen molar-refractivity contribution in [2.75, 3.05) is 5.73 Å². The normalized spacial score (nSPS) is 10.6. The third kappa shape index (κ3) is 2.05. The summed E-state index contributed by atoms with van der Waals surface area (Å²) in [4.78, 5) is 0. The first-order chi connectivity index (χ1) is 7.70. The lowest BCUT2D eigenvalue weighted by Gasteiger charge is -2.01. The highest BCUT2D eigenvalue weighted by molar-refractivity contribution is 5.70. The van der Waals surface area contributed by atoms with Gasteiger partial charge >= 0.3 is 0 Å². The first-order valence-corrected chi connectivity index (χ1v) is 5.39. The summed E-state index contributed by atoms with van der Waals surface area (Å²) in [5, 5.41) is 7.99. The number of benzene rings is 1. The highest BCUT2D eigenvalue weighted by Gasteiger charge is 2.10. The van der Waals surface area contributed by atoms with Crippen LogP contribution in [0.3, 0.4) is 0 Å². The minimum absolute atomic E-state index is 0.504. The molecular formula is C12H15N3O. The summed E-state index contributed by atoms with van der Waals surface area (Å²) in [6, 6.07) is 5.77. The Kier molecular flexibility index (Phi) is 2.90. The molecule has 0 saturated heterocycles. The quantitative estimate of drug-likeness (QED) is 0.802. The van der Waals surface area contributed by atoms with Gasteiger partial charge in [-0.05, 0) is 25.5 Å². The van der Waals surface area contributed by atoms with E-state index in [1.165, 1.54) is 0 Å². The van der Waals surface area contributed by atoms with Crippen LogP contribution in [0, 0.1) is 6.92 Å². The SMILES string of the molecule is CCCc1nnc(-c2cc(C)ccc2N)o1. The molecule has 1 aromatic heterocycles. The van der Waals surface area contributed by atoms with E-state index in [-0.39, 0.29) is 0 Å². The number of nitrogen functional groups attached to an aromatic ring is 1. The van der Waals surface area contributed by atoms with E-state index in [1.54, 1.807) is 0 Å². The van der Waals surface area contributed by atoms with Gasteiger partial charge in [-0.1, -0.05) is 18.6 Å². The maximum Gasteiger partial charge on any atom is 0.249 e. The Balaban J connectivity index is 2.38. The van der Waals surface area contributed by atoms with Gasteiger partial charge in [-0.15, -0.1) is 10.2 Å². The van der Waals surface area contributed by atoms with Crippen LogP contribution in [0.25, 0.3) is 11.5 Å². The molecule has 0 atom stereocenters. The zero-order chi connectivity index (χ0) is 11.5. The maximum atomic E-state index is 5.88. The lowest BCUT2D eigenvalue weighted by atomic mass is 10.1. The van der Waals surface area contributed by atoms with Crippen LogP contribution in [-0.2, 0) is 6.42 Å². The highest BCUT2D eigenvalue weighted by atomic mass is 16.4. The number of nitrogens with zero attached hydrogens (tertiary/aromatic N) is 2. The second-order valence-corrected chi connectivity index (χ2v) is 3.84. The molecule has 2 rings (SSSR count). The van der Waals surface area contributed by atoms with E-state index in [0.717, 1.165) is 24.0 Å². The predicted molar refractivity (Wildman–Crippen MR) is 62.9 cm³/mol. The minimum Gasteiger partial charge on any atom is -0.421 e. The molecule has 0 fully saturated rings. The molecule has 1 heterocycles. The third-order valence-electron chi connectivity index (χ3n) is 2.37. The van der Waals surface area contributed by atoms with Crippen molar-refractivity contribution in [1.29, 1.82) is 0 Å². The lowest BCUT2D eigenvalue weighted by Crippen LogP contribution is -1.90. The summed E-state index contributed by atoms with van der Waals surface area (Å²) in [5.74, 6) is 1.17. The van der Waals surface area contributed by atoms with Gasteiger partial charge in [-0.3, -0.25) is 0 Å². The van der Waals surface area contributed by atoms with Crippen LogP contribution in [-0.4, -0.2) is 10.2 Å². The van der Waals surface area contributed by atoms with Crippen molar-refractivity contribution in [2.45, 2.75) is 26.7 Å². The molecule has 4 nitrogen and oxygen atoms in total. The molecule has 4 heteroatoms. The van der Waals surface area contributed by atoms with Crippen LogP contribution in [0.15, 0.2) is 22.6 Å². The molecule has 0 bridgehead atoms. The molecule has 0 aliphatic heterocycles. The van der Waals surface area contributed by atoms with Crippen LogP contribution in [0.2, 0.25) is 0 Å². The molecule has 0 unspecified atom stereocenters. The number of hydrogen-bond acceptors (Lipinski definition) is 4. The Morgan fingerprint density at radius 1 is 1.31 bits per heavy atom. The van der Waals surface area contributed by atoms with Gasteiger partial charge in [0, 0.05) is 12.1 Å². The van der Waals surface area contributed by atoms with Crippen molar-refractivity contribution < 1.29 is 4.42 Å². The van der Waals surface area contributed by atoms with Gasteiger partial charge in [0.15, 0.2) is 0 Å². The Morgan fingerprint density at radius 2 is 2.12 bits per heavy atom. The van der Waals surface area contributed by atoms with Crippen LogP contribution in [0.4, 0.5) is 5.69 Å². The van der Waals surface area contributed by atoms with E-state index in [2.05, 4.69) is 17.1 Å². The molecule has 0 spiro atoms. The van der Waals surface area contributed by atoms with Crippen molar-refractivity contribution in [1.82, 2.24) is 10.2 Å². The molecule has 0 amide bonds. The zero-order valence-corrected chi connectivity index (χ0v) is 9.53. The number of hydrogen-bond donors (Lipinski definition) is 1. The van der Waals surface area contributed by atoms with E-state index < -0.39 is 0 Å². The summed E-state index contributed by atoms with van der Waals surface area (Å²) in [5.41, 5.74) is 8.48. The minimum atomic E-state index is 0.504. The molecular weight excluding hydrogens is 202 g/mol. The standard InChI is InChI=1S/C12H15N3O/c1-3-4-11-14-15-12(16-11)9-7-8(2)5-6-10(9)13/h5-7H,3-4,13H2,1-2H3. The predicted octanol–water partition coefficient (Wildman–Crippen LogP) is 2.58. The zero-order valence-electron chi connectivity index (χ0n) is 9.53. The molecule has 16 heavy (non-hydrogen) atoms. The smallest absolute Gasteiger partial charge is 0.249 e. The fourth-order valence-corrected chi connectivity index (χ4v) is 1.53. The Morgan fingerprint density at radius 3 is 2.88 bits per heavy atom. The van der Waals surface area contributed by atoms with Gasteiger partial charge in [-0.2, -0.15) is 0 Å². The van der Waals surface area contributed by atoms with Crippen molar-refractivity contribution >= 4 is 5.69 Å². The molecule has 0 radical (unpaired) electrons. The van der Waals surface area contributed by atoms with Gasteiger partial charge in [0.25, 0.3) is 0 Å². The first-order valence-electron chi connectivity index (χ1n) is 5.39. The van der Waals surface area contributed by atoms with Gasteiger partial charge in [-0.25, -0.2) is 0 Å². The molecule has 2 N–H and O–H groups in total. The van der Waals surface area contributed by atoms with E-state index in [0.29, 0.717) is 17.5 Å². The number of rotatable bonds is 3. The fraction of sp³-hybridized carbons (Fsp3) is 0.333. The third-order valence-corrected chi connectivity index (χ3v) is 2.37. The maximum absolute atomic E-state index is 5.88. The van der Waals surface area contributed by atoms with Crippen LogP contribution >= 0.6 is 0 Å². The average Bonchev–Trinajstić information content (AvgIpc) is 2.71. The average molecular weight is 217 g/mol. The molecule has 84 valence electrons. The van der Waals surface area contributed by atoms with E-state index in [4.69, 9.17) is 10.2 Å². The van der Waals surface area contributed by atoms with Crippen LogP contribution in [0.1, 0.15) is 24.8 Å². The van der Waals surface area contributed by atoms with E-state index >= 15 is 0 Å². The first kappa shape index (κ1) is 10.7. The molecule has 0 aliphatic rings. The fourth-order valence-electron chi connectivity index (χ4n) is 1.53. The molecule has 1 aromatic carbocycles. The summed E-state index contributed by atoms with van der Waals surface area (Å²) in [6.45, 7) is 4.08. The second kappa shape index (κ2) is 4.35. The van der Waals surface area contributed by atoms with Crippen molar-refractivity contribution in [3.8, 4) is 11.5 Å². The number of aromatic nitrogens is 2. The Hall–Kier alpha value is -1.84. The second-order valence-electron chi connectivity index (χ2n) is 3.84. The number of nitrogens with two attached hydrogens (primary N) is 1. The summed E-state index contributed by atoms with van der Waals surface area (Å²) in [7, 11) is 0. The largest absolute Gasteiger partial charge is 0.421 e. The van der Waals surface area contributed by atoms with Crippen LogP contribution in [0.5, 0.6) is 0 Å². The summed E-state index contributed by atoms with van der Waals surface area (Å²) >= 11 is 0. The van der Waals surface area contributed by atoms with E-state index in [1.807, 2.05) is 25.1 Å². The van der Waals surface area contributed by atoms with Gasteiger partial charge in [0.2, 0.25) is 11.8 Å². The van der Waals surface area contributed by atoms with Gasteiger partial charge < -0.3 is 10.2 Å². The Labute approximate surface area is 94.5 Å². The molecule has 0 aliphatic carbocycles.